The molecular formula is C12H19NO2. The molecule has 2 atom stereocenters. The van der Waals surface area contributed by atoms with Crippen LogP contribution in [0.4, 0.5) is 0 Å². The van der Waals surface area contributed by atoms with E-state index in [1.54, 1.807) is 7.11 Å². The van der Waals surface area contributed by atoms with Crippen LogP contribution in [-0.2, 0) is 9.53 Å². The molecule has 0 bridgehead atoms. The van der Waals surface area contributed by atoms with Crippen LogP contribution in [-0.4, -0.2) is 26.0 Å². The molecule has 1 aliphatic rings. The van der Waals surface area contributed by atoms with Crippen LogP contribution in [0.15, 0.2) is 23.3 Å². The summed E-state index contributed by atoms with van der Waals surface area (Å²) in [7, 11) is 1.69. The molecule has 1 rings (SSSR count). The van der Waals surface area contributed by atoms with Gasteiger partial charge >= 0.3 is 0 Å². The van der Waals surface area contributed by atoms with Gasteiger partial charge in [0.05, 0.1) is 6.10 Å². The highest BCUT2D eigenvalue weighted by Crippen LogP contribution is 2.27. The number of allylic oxidation sites excluding steroid dienone is 1. The average Bonchev–Trinajstić information content (AvgIpc) is 2.29. The summed E-state index contributed by atoms with van der Waals surface area (Å²) in [6, 6.07) is 0. The van der Waals surface area contributed by atoms with E-state index in [0.29, 0.717) is 6.54 Å². The van der Waals surface area contributed by atoms with E-state index in [1.807, 2.05) is 13.0 Å². The first-order valence-corrected chi connectivity index (χ1v) is 5.32. The molecule has 0 amide bonds. The normalized spacial score (nSPS) is 23.0. The Morgan fingerprint density at radius 2 is 2.47 bits per heavy atom. The fourth-order valence-electron chi connectivity index (χ4n) is 1.84. The summed E-state index contributed by atoms with van der Waals surface area (Å²) >= 11 is 0. The Hall–Kier alpha value is -0.930. The van der Waals surface area contributed by atoms with Crippen molar-refractivity contribution in [1.29, 1.82) is 0 Å². The van der Waals surface area contributed by atoms with E-state index in [1.165, 1.54) is 5.57 Å². The third kappa shape index (κ3) is 3.01. The van der Waals surface area contributed by atoms with Gasteiger partial charge < -0.3 is 15.3 Å². The number of nitrogens with two attached hydrogens (primary N) is 1. The number of hydrogen-bond donors (Lipinski definition) is 1. The van der Waals surface area contributed by atoms with E-state index in [4.69, 9.17) is 10.5 Å². The van der Waals surface area contributed by atoms with E-state index in [-0.39, 0.29) is 12.0 Å². The molecule has 0 spiro atoms. The van der Waals surface area contributed by atoms with Gasteiger partial charge in [0.2, 0.25) is 0 Å². The maximum Gasteiger partial charge on any atom is 0.127 e. The van der Waals surface area contributed by atoms with Crippen molar-refractivity contribution >= 4 is 6.29 Å². The molecule has 0 aromatic heterocycles. The monoisotopic (exact) mass is 209 g/mol. The van der Waals surface area contributed by atoms with Crippen molar-refractivity contribution < 1.29 is 9.53 Å². The van der Waals surface area contributed by atoms with Crippen LogP contribution in [0.5, 0.6) is 0 Å². The van der Waals surface area contributed by atoms with Crippen LogP contribution in [0.2, 0.25) is 0 Å². The standard InChI is InChI=1S/C12H19NO2/c1-9(8-14)12-7-11(15-2)4-3-10(12)5-6-13/h3,7-9,11H,4-6,13H2,1-2H3. The summed E-state index contributed by atoms with van der Waals surface area (Å²) < 4.78 is 5.27. The first-order chi connectivity index (χ1) is 7.22. The lowest BCUT2D eigenvalue weighted by atomic mass is 9.86. The van der Waals surface area contributed by atoms with Crippen LogP contribution in [0, 0.1) is 5.92 Å². The Morgan fingerprint density at radius 3 is 3.00 bits per heavy atom. The zero-order valence-electron chi connectivity index (χ0n) is 9.40. The van der Waals surface area contributed by atoms with Crippen molar-refractivity contribution in [2.75, 3.05) is 13.7 Å². The Balaban J connectivity index is 2.85. The number of carbonyl (C=O) groups excluding carboxylic acids is 1. The lowest BCUT2D eigenvalue weighted by Gasteiger charge is -2.22. The number of carbonyl (C=O) groups is 1. The third-order valence-electron chi connectivity index (χ3n) is 2.74. The Morgan fingerprint density at radius 1 is 1.73 bits per heavy atom. The van der Waals surface area contributed by atoms with Crippen molar-refractivity contribution in [3.05, 3.63) is 23.3 Å². The van der Waals surface area contributed by atoms with Crippen LogP contribution in [0.3, 0.4) is 0 Å². The van der Waals surface area contributed by atoms with Crippen LogP contribution in [0.25, 0.3) is 0 Å². The number of methoxy groups -OCH3 is 1. The number of hydrogen-bond acceptors (Lipinski definition) is 3. The molecule has 0 radical (unpaired) electrons. The van der Waals surface area contributed by atoms with Gasteiger partial charge in [-0.1, -0.05) is 19.1 Å². The van der Waals surface area contributed by atoms with Gasteiger partial charge in [0.1, 0.15) is 6.29 Å². The molecule has 1 aliphatic carbocycles. The van der Waals surface area contributed by atoms with Gasteiger partial charge in [0, 0.05) is 13.0 Å². The second-order valence-corrected chi connectivity index (χ2v) is 3.82. The van der Waals surface area contributed by atoms with Crippen molar-refractivity contribution in [3.8, 4) is 0 Å². The fraction of sp³-hybridized carbons (Fsp3) is 0.583. The van der Waals surface area contributed by atoms with Crippen molar-refractivity contribution in [2.45, 2.75) is 25.9 Å². The van der Waals surface area contributed by atoms with Gasteiger partial charge in [0.15, 0.2) is 0 Å². The van der Waals surface area contributed by atoms with Gasteiger partial charge in [-0.3, -0.25) is 0 Å². The first kappa shape index (κ1) is 12.1. The second kappa shape index (κ2) is 5.83. The summed E-state index contributed by atoms with van der Waals surface area (Å²) in [5, 5.41) is 0. The zero-order valence-corrected chi connectivity index (χ0v) is 9.40. The lowest BCUT2D eigenvalue weighted by molar-refractivity contribution is -0.109. The highest BCUT2D eigenvalue weighted by Gasteiger charge is 2.18. The summed E-state index contributed by atoms with van der Waals surface area (Å²) in [5.41, 5.74) is 7.82. The molecule has 3 nitrogen and oxygen atoms in total. The molecule has 0 saturated heterocycles. The van der Waals surface area contributed by atoms with Gasteiger partial charge in [0.25, 0.3) is 0 Å². The van der Waals surface area contributed by atoms with E-state index < -0.39 is 0 Å². The Kier molecular flexibility index (Phi) is 4.72. The van der Waals surface area contributed by atoms with Gasteiger partial charge in [-0.15, -0.1) is 0 Å². The molecule has 0 aliphatic heterocycles. The highest BCUT2D eigenvalue weighted by molar-refractivity contribution is 5.62. The Bertz CT molecular complexity index is 281. The fourth-order valence-corrected chi connectivity index (χ4v) is 1.84. The molecule has 0 saturated carbocycles. The smallest absolute Gasteiger partial charge is 0.127 e. The third-order valence-corrected chi connectivity index (χ3v) is 2.74. The predicted molar refractivity (Wildman–Crippen MR) is 60.5 cm³/mol. The molecule has 0 aromatic carbocycles. The SMILES string of the molecule is COC1C=C(C(C)C=O)C(CCN)=CC1. The van der Waals surface area contributed by atoms with Gasteiger partial charge in [-0.2, -0.15) is 0 Å². The van der Waals surface area contributed by atoms with Crippen molar-refractivity contribution in [3.63, 3.8) is 0 Å². The van der Waals surface area contributed by atoms with E-state index in [9.17, 15) is 4.79 Å². The minimum Gasteiger partial charge on any atom is -0.377 e. The van der Waals surface area contributed by atoms with Crippen LogP contribution < -0.4 is 5.73 Å². The highest BCUT2D eigenvalue weighted by atomic mass is 16.5. The van der Waals surface area contributed by atoms with E-state index in [0.717, 1.165) is 24.7 Å². The maximum absolute atomic E-state index is 10.8. The molecule has 84 valence electrons. The summed E-state index contributed by atoms with van der Waals surface area (Å²) in [6.45, 7) is 2.52. The topological polar surface area (TPSA) is 52.3 Å². The molecule has 0 heterocycles. The molecule has 2 unspecified atom stereocenters. The quantitative estimate of drug-likeness (QED) is 0.697. The van der Waals surface area contributed by atoms with Gasteiger partial charge in [-0.25, -0.2) is 0 Å². The summed E-state index contributed by atoms with van der Waals surface area (Å²) in [4.78, 5) is 10.8. The molecule has 2 N–H and O–H groups in total. The zero-order chi connectivity index (χ0) is 11.3. The van der Waals surface area contributed by atoms with Crippen LogP contribution in [0.1, 0.15) is 19.8 Å². The molecule has 0 aromatic rings. The van der Waals surface area contributed by atoms with E-state index >= 15 is 0 Å². The second-order valence-electron chi connectivity index (χ2n) is 3.82. The largest absolute Gasteiger partial charge is 0.377 e. The molecule has 3 heteroatoms. The van der Waals surface area contributed by atoms with Crippen molar-refractivity contribution in [1.82, 2.24) is 0 Å². The minimum absolute atomic E-state index is 0.0688. The number of aldehydes is 1. The summed E-state index contributed by atoms with van der Waals surface area (Å²) in [5.74, 6) is -0.0688. The van der Waals surface area contributed by atoms with Gasteiger partial charge in [-0.05, 0) is 30.5 Å². The first-order valence-electron chi connectivity index (χ1n) is 5.32. The van der Waals surface area contributed by atoms with Crippen LogP contribution >= 0.6 is 0 Å². The van der Waals surface area contributed by atoms with Crippen molar-refractivity contribution in [2.24, 2.45) is 11.7 Å². The lowest BCUT2D eigenvalue weighted by Crippen LogP contribution is -2.17. The molecular weight excluding hydrogens is 190 g/mol. The predicted octanol–water partition coefficient (Wildman–Crippen LogP) is 1.44. The molecule has 15 heavy (non-hydrogen) atoms. The Labute approximate surface area is 91.0 Å². The summed E-state index contributed by atoms with van der Waals surface area (Å²) in [6.07, 6.45) is 6.96. The van der Waals surface area contributed by atoms with E-state index in [2.05, 4.69) is 6.08 Å². The maximum atomic E-state index is 10.8. The number of rotatable bonds is 5. The minimum atomic E-state index is -0.0688. The number of ether oxygens (including phenoxy) is 1. The molecule has 0 fully saturated rings. The average molecular weight is 209 g/mol.